The number of aliphatic carboxylic acids is 1. The third kappa shape index (κ3) is 4.45. The Bertz CT molecular complexity index is 1520. The number of aromatic carboxylic acids is 1. The van der Waals surface area contributed by atoms with Crippen LogP contribution in [0.15, 0.2) is 29.2 Å². The van der Waals surface area contributed by atoms with Crippen molar-refractivity contribution in [2.45, 2.75) is 57.2 Å². The van der Waals surface area contributed by atoms with Crippen molar-refractivity contribution in [3.05, 3.63) is 50.6 Å². The van der Waals surface area contributed by atoms with E-state index >= 15 is 0 Å². The number of benzene rings is 1. The molecule has 10 nitrogen and oxygen atoms in total. The molecule has 2 aromatic heterocycles. The van der Waals surface area contributed by atoms with Gasteiger partial charge in [-0.1, -0.05) is 0 Å². The van der Waals surface area contributed by atoms with Gasteiger partial charge in [0.15, 0.2) is 5.75 Å². The Kier molecular flexibility index (Phi) is 6.74. The second-order valence-electron chi connectivity index (χ2n) is 9.95. The number of ether oxygens (including phenoxy) is 1. The minimum absolute atomic E-state index is 0.105. The molecule has 0 radical (unpaired) electrons. The molecular weight excluding hydrogens is 510 g/mol. The van der Waals surface area contributed by atoms with Gasteiger partial charge in [0.05, 0.1) is 36.0 Å². The standard InChI is InChI=1S/C27H29N3O7S/c1-12(26(33)34)21(28)25(32)29-18-4-3-5-19-16(18)10-20(38-19)14-8-9-15-22(24(14)37-2)30(13-6-7-13)11-17(23(15)31)27(35)36/h8-13,18,21H,3-7,28H2,1-2H3,(H,29,32)(H,33,34)(H,35,36)/t12?,18?,21-/m1/s1. The van der Waals surface area contributed by atoms with E-state index in [1.807, 2.05) is 10.6 Å². The van der Waals surface area contributed by atoms with Crippen molar-refractivity contribution in [2.24, 2.45) is 11.7 Å². The van der Waals surface area contributed by atoms with Gasteiger partial charge in [-0.05, 0) is 62.8 Å². The third-order valence-electron chi connectivity index (χ3n) is 7.45. The normalized spacial score (nSPS) is 18.4. The number of carbonyl (C=O) groups is 3. The molecule has 1 aromatic carbocycles. The molecule has 5 rings (SSSR count). The van der Waals surface area contributed by atoms with E-state index in [2.05, 4.69) is 5.32 Å². The largest absolute Gasteiger partial charge is 0.494 e. The summed E-state index contributed by atoms with van der Waals surface area (Å²) in [5.41, 5.74) is 7.40. The average molecular weight is 540 g/mol. The van der Waals surface area contributed by atoms with E-state index in [1.54, 1.807) is 23.5 Å². The number of methoxy groups -OCH3 is 1. The predicted octanol–water partition coefficient (Wildman–Crippen LogP) is 3.31. The summed E-state index contributed by atoms with van der Waals surface area (Å²) in [5, 5.41) is 22.0. The lowest BCUT2D eigenvalue weighted by Gasteiger charge is -2.26. The number of thiophene rings is 1. The van der Waals surface area contributed by atoms with Gasteiger partial charge >= 0.3 is 11.9 Å². The van der Waals surface area contributed by atoms with E-state index in [4.69, 9.17) is 10.5 Å². The summed E-state index contributed by atoms with van der Waals surface area (Å²) in [5.74, 6) is -3.40. The molecule has 1 fully saturated rings. The van der Waals surface area contributed by atoms with Gasteiger partial charge in [0, 0.05) is 27.6 Å². The molecule has 1 amide bonds. The summed E-state index contributed by atoms with van der Waals surface area (Å²) in [4.78, 5) is 50.7. The third-order valence-corrected chi connectivity index (χ3v) is 8.69. The number of rotatable bonds is 8. The number of carboxylic acid groups (broad SMARTS) is 2. The number of hydrogen-bond acceptors (Lipinski definition) is 7. The summed E-state index contributed by atoms with van der Waals surface area (Å²) in [6.07, 6.45) is 5.61. The maximum absolute atomic E-state index is 13.0. The number of pyridine rings is 1. The van der Waals surface area contributed by atoms with Crippen LogP contribution in [-0.4, -0.2) is 45.8 Å². The van der Waals surface area contributed by atoms with Crippen molar-refractivity contribution < 1.29 is 29.3 Å². The molecular formula is C27H29N3O7S. The lowest BCUT2D eigenvalue weighted by Crippen LogP contribution is -2.48. The molecule has 5 N–H and O–H groups in total. The van der Waals surface area contributed by atoms with Gasteiger partial charge in [-0.2, -0.15) is 0 Å². The highest BCUT2D eigenvalue weighted by molar-refractivity contribution is 7.15. The van der Waals surface area contributed by atoms with E-state index in [0.29, 0.717) is 23.1 Å². The number of nitrogens with zero attached hydrogens (tertiary/aromatic N) is 1. The van der Waals surface area contributed by atoms with Crippen molar-refractivity contribution in [1.82, 2.24) is 9.88 Å². The van der Waals surface area contributed by atoms with Crippen LogP contribution in [0.3, 0.4) is 0 Å². The van der Waals surface area contributed by atoms with Crippen LogP contribution in [0.4, 0.5) is 0 Å². The predicted molar refractivity (Wildman–Crippen MR) is 142 cm³/mol. The Morgan fingerprint density at radius 3 is 2.58 bits per heavy atom. The fourth-order valence-electron chi connectivity index (χ4n) is 5.10. The number of carboxylic acids is 2. The fourth-order valence-corrected chi connectivity index (χ4v) is 6.39. The molecule has 3 atom stereocenters. The van der Waals surface area contributed by atoms with Crippen molar-refractivity contribution in [3.8, 4) is 16.2 Å². The molecule has 2 unspecified atom stereocenters. The second-order valence-corrected chi connectivity index (χ2v) is 11.1. The van der Waals surface area contributed by atoms with Crippen LogP contribution in [0.5, 0.6) is 5.75 Å². The maximum Gasteiger partial charge on any atom is 0.341 e. The molecule has 0 spiro atoms. The SMILES string of the molecule is COc1c(-c2cc3c(s2)CCCC3NC(=O)[C@H](N)C(C)C(=O)O)ccc2c(=O)c(C(=O)O)cn(C3CC3)c12. The molecule has 200 valence electrons. The Morgan fingerprint density at radius 2 is 1.95 bits per heavy atom. The lowest BCUT2D eigenvalue weighted by atomic mass is 9.92. The molecule has 2 heterocycles. The highest BCUT2D eigenvalue weighted by Crippen LogP contribution is 2.46. The Balaban J connectivity index is 1.56. The molecule has 0 bridgehead atoms. The Hall–Kier alpha value is -3.70. The van der Waals surface area contributed by atoms with Gasteiger partial charge in [-0.3, -0.25) is 14.4 Å². The number of aryl methyl sites for hydroxylation is 1. The first-order chi connectivity index (χ1) is 18.1. The van der Waals surface area contributed by atoms with Crippen molar-refractivity contribution in [2.75, 3.05) is 7.11 Å². The maximum atomic E-state index is 13.0. The van der Waals surface area contributed by atoms with Crippen LogP contribution in [0.25, 0.3) is 21.3 Å². The molecule has 0 aliphatic heterocycles. The molecule has 11 heteroatoms. The summed E-state index contributed by atoms with van der Waals surface area (Å²) in [6, 6.07) is 4.09. The van der Waals surface area contributed by atoms with E-state index < -0.39 is 35.2 Å². The summed E-state index contributed by atoms with van der Waals surface area (Å²) in [7, 11) is 1.53. The van der Waals surface area contributed by atoms with Crippen LogP contribution in [0.2, 0.25) is 0 Å². The minimum Gasteiger partial charge on any atom is -0.494 e. The van der Waals surface area contributed by atoms with E-state index in [9.17, 15) is 29.4 Å². The number of nitrogens with two attached hydrogens (primary N) is 1. The van der Waals surface area contributed by atoms with Gasteiger partial charge < -0.3 is 30.6 Å². The quantitative estimate of drug-likeness (QED) is 0.339. The summed E-state index contributed by atoms with van der Waals surface area (Å²) < 4.78 is 7.70. The monoisotopic (exact) mass is 539 g/mol. The van der Waals surface area contributed by atoms with Gasteiger partial charge in [0.25, 0.3) is 0 Å². The van der Waals surface area contributed by atoms with Crippen LogP contribution in [-0.2, 0) is 16.0 Å². The molecule has 2 aliphatic rings. The van der Waals surface area contributed by atoms with Crippen molar-refractivity contribution in [3.63, 3.8) is 0 Å². The molecule has 0 saturated heterocycles. The van der Waals surface area contributed by atoms with E-state index in [-0.39, 0.29) is 17.6 Å². The first-order valence-electron chi connectivity index (χ1n) is 12.5. The first-order valence-corrected chi connectivity index (χ1v) is 13.3. The number of hydrogen-bond donors (Lipinski definition) is 4. The van der Waals surface area contributed by atoms with Crippen molar-refractivity contribution >= 4 is 40.1 Å². The van der Waals surface area contributed by atoms with Crippen LogP contribution in [0.1, 0.15) is 65.5 Å². The number of aromatic nitrogens is 1. The van der Waals surface area contributed by atoms with Gasteiger partial charge in [-0.15, -0.1) is 11.3 Å². The van der Waals surface area contributed by atoms with Crippen LogP contribution < -0.4 is 21.2 Å². The lowest BCUT2D eigenvalue weighted by molar-refractivity contribution is -0.144. The zero-order valence-electron chi connectivity index (χ0n) is 21.0. The molecule has 2 aliphatic carbocycles. The number of fused-ring (bicyclic) bond motifs is 2. The number of amides is 1. The molecule has 1 saturated carbocycles. The molecule has 3 aromatic rings. The second kappa shape index (κ2) is 9.88. The Labute approximate surface area is 222 Å². The van der Waals surface area contributed by atoms with Crippen molar-refractivity contribution in [1.29, 1.82) is 0 Å². The highest BCUT2D eigenvalue weighted by atomic mass is 32.1. The topological polar surface area (TPSA) is 161 Å². The van der Waals surface area contributed by atoms with Gasteiger partial charge in [0.1, 0.15) is 5.56 Å². The summed E-state index contributed by atoms with van der Waals surface area (Å²) >= 11 is 1.58. The fraction of sp³-hybridized carbons (Fsp3) is 0.407. The van der Waals surface area contributed by atoms with Crippen LogP contribution >= 0.6 is 11.3 Å². The zero-order valence-corrected chi connectivity index (χ0v) is 21.8. The zero-order chi connectivity index (χ0) is 27.3. The number of nitrogens with one attached hydrogen (secondary N) is 1. The minimum atomic E-state index is -1.26. The van der Waals surface area contributed by atoms with Gasteiger partial charge in [0.2, 0.25) is 11.3 Å². The van der Waals surface area contributed by atoms with Gasteiger partial charge in [-0.25, -0.2) is 4.79 Å². The average Bonchev–Trinajstić information content (AvgIpc) is 3.64. The first kappa shape index (κ1) is 25.9. The van der Waals surface area contributed by atoms with Crippen LogP contribution in [0, 0.1) is 5.92 Å². The highest BCUT2D eigenvalue weighted by Gasteiger charge is 2.32. The number of carbonyl (C=O) groups excluding carboxylic acids is 1. The van der Waals surface area contributed by atoms with E-state index in [1.165, 1.54) is 20.2 Å². The summed E-state index contributed by atoms with van der Waals surface area (Å²) in [6.45, 7) is 1.41. The Morgan fingerprint density at radius 1 is 1.21 bits per heavy atom. The smallest absolute Gasteiger partial charge is 0.341 e. The van der Waals surface area contributed by atoms with E-state index in [0.717, 1.165) is 46.6 Å². The molecule has 38 heavy (non-hydrogen) atoms.